The SMILES string of the molecule is CCCS(=O)(=O)N1CCCC(C(=O)NCCCCN2CC(C)CC(C)C2)C1. The van der Waals surface area contributed by atoms with Crippen molar-refractivity contribution in [2.75, 3.05) is 45.0 Å². The number of sulfonamides is 1. The van der Waals surface area contributed by atoms with Crippen LogP contribution in [0.2, 0.25) is 0 Å². The molecule has 2 heterocycles. The molecule has 7 heteroatoms. The molecule has 158 valence electrons. The molecule has 27 heavy (non-hydrogen) atoms. The van der Waals surface area contributed by atoms with Crippen LogP contribution in [0.25, 0.3) is 0 Å². The minimum Gasteiger partial charge on any atom is -0.356 e. The van der Waals surface area contributed by atoms with E-state index >= 15 is 0 Å². The number of unbranched alkanes of at least 4 members (excludes halogenated alkanes) is 1. The van der Waals surface area contributed by atoms with Crippen LogP contribution in [0, 0.1) is 17.8 Å². The highest BCUT2D eigenvalue weighted by atomic mass is 32.2. The van der Waals surface area contributed by atoms with Crippen LogP contribution in [0.1, 0.15) is 59.3 Å². The average Bonchev–Trinajstić information content (AvgIpc) is 2.60. The van der Waals surface area contributed by atoms with Crippen molar-refractivity contribution >= 4 is 15.9 Å². The molecule has 0 aromatic carbocycles. The largest absolute Gasteiger partial charge is 0.356 e. The van der Waals surface area contributed by atoms with E-state index in [-0.39, 0.29) is 17.6 Å². The maximum Gasteiger partial charge on any atom is 0.224 e. The van der Waals surface area contributed by atoms with Gasteiger partial charge in [0.1, 0.15) is 0 Å². The molecule has 0 aliphatic carbocycles. The molecule has 3 atom stereocenters. The molecular weight excluding hydrogens is 362 g/mol. The average molecular weight is 402 g/mol. The normalized spacial score (nSPS) is 28.2. The van der Waals surface area contributed by atoms with Gasteiger partial charge >= 0.3 is 0 Å². The molecule has 2 saturated heterocycles. The maximum absolute atomic E-state index is 12.4. The lowest BCUT2D eigenvalue weighted by atomic mass is 9.92. The first-order chi connectivity index (χ1) is 12.8. The maximum atomic E-state index is 12.4. The molecule has 6 nitrogen and oxygen atoms in total. The number of carbonyl (C=O) groups is 1. The highest BCUT2D eigenvalue weighted by Crippen LogP contribution is 2.21. The number of carbonyl (C=O) groups excluding carboxylic acids is 1. The summed E-state index contributed by atoms with van der Waals surface area (Å²) in [6.07, 6.45) is 5.58. The second-order valence-electron chi connectivity index (χ2n) is 8.72. The Morgan fingerprint density at radius 1 is 1.11 bits per heavy atom. The molecule has 0 bridgehead atoms. The van der Waals surface area contributed by atoms with Crippen LogP contribution in [0.15, 0.2) is 0 Å². The van der Waals surface area contributed by atoms with Crippen molar-refractivity contribution in [1.82, 2.24) is 14.5 Å². The van der Waals surface area contributed by atoms with Gasteiger partial charge in [-0.05, 0) is 56.9 Å². The van der Waals surface area contributed by atoms with E-state index in [1.54, 1.807) is 0 Å². The van der Waals surface area contributed by atoms with Gasteiger partial charge < -0.3 is 10.2 Å². The number of nitrogens with one attached hydrogen (secondary N) is 1. The summed E-state index contributed by atoms with van der Waals surface area (Å²) in [6.45, 7) is 11.6. The van der Waals surface area contributed by atoms with Gasteiger partial charge in [-0.25, -0.2) is 12.7 Å². The van der Waals surface area contributed by atoms with Crippen molar-refractivity contribution in [3.8, 4) is 0 Å². The van der Waals surface area contributed by atoms with E-state index in [1.807, 2.05) is 6.92 Å². The molecule has 0 radical (unpaired) electrons. The van der Waals surface area contributed by atoms with Gasteiger partial charge in [0.2, 0.25) is 15.9 Å². The number of nitrogens with zero attached hydrogens (tertiary/aromatic N) is 2. The van der Waals surface area contributed by atoms with E-state index in [1.165, 1.54) is 23.8 Å². The minimum atomic E-state index is -3.20. The molecule has 2 fully saturated rings. The lowest BCUT2D eigenvalue weighted by Gasteiger charge is -2.35. The van der Waals surface area contributed by atoms with E-state index in [4.69, 9.17) is 0 Å². The summed E-state index contributed by atoms with van der Waals surface area (Å²) >= 11 is 0. The number of amides is 1. The Morgan fingerprint density at radius 3 is 2.48 bits per heavy atom. The fourth-order valence-electron chi connectivity index (χ4n) is 4.59. The van der Waals surface area contributed by atoms with Crippen molar-refractivity contribution < 1.29 is 13.2 Å². The van der Waals surface area contributed by atoms with Gasteiger partial charge in [0, 0.05) is 32.7 Å². The van der Waals surface area contributed by atoms with Crippen LogP contribution in [-0.4, -0.2) is 68.6 Å². The number of hydrogen-bond donors (Lipinski definition) is 1. The van der Waals surface area contributed by atoms with Gasteiger partial charge in [-0.15, -0.1) is 0 Å². The Morgan fingerprint density at radius 2 is 1.81 bits per heavy atom. The molecule has 0 spiro atoms. The molecule has 1 N–H and O–H groups in total. The van der Waals surface area contributed by atoms with Crippen molar-refractivity contribution in [2.45, 2.75) is 59.3 Å². The standard InChI is InChI=1S/C20H39N3O3S/c1-4-12-27(25,26)23-11-7-8-19(16-23)20(24)21-9-5-6-10-22-14-17(2)13-18(3)15-22/h17-19H,4-16H2,1-3H3,(H,21,24). The summed E-state index contributed by atoms with van der Waals surface area (Å²) in [7, 11) is -3.20. The molecule has 2 rings (SSSR count). The van der Waals surface area contributed by atoms with E-state index in [9.17, 15) is 13.2 Å². The van der Waals surface area contributed by atoms with Gasteiger partial charge in [0.05, 0.1) is 11.7 Å². The van der Waals surface area contributed by atoms with Crippen LogP contribution in [0.3, 0.4) is 0 Å². The van der Waals surface area contributed by atoms with Crippen LogP contribution < -0.4 is 5.32 Å². The monoisotopic (exact) mass is 401 g/mol. The fourth-order valence-corrected chi connectivity index (χ4v) is 6.18. The minimum absolute atomic E-state index is 0.0200. The van der Waals surface area contributed by atoms with Crippen molar-refractivity contribution in [2.24, 2.45) is 17.8 Å². The molecular formula is C20H39N3O3S. The van der Waals surface area contributed by atoms with Gasteiger partial charge in [-0.3, -0.25) is 4.79 Å². The summed E-state index contributed by atoms with van der Waals surface area (Å²) in [5.41, 5.74) is 0. The highest BCUT2D eigenvalue weighted by Gasteiger charge is 2.31. The van der Waals surface area contributed by atoms with Gasteiger partial charge in [-0.2, -0.15) is 0 Å². The Kier molecular flexibility index (Phi) is 9.02. The number of piperidine rings is 2. The van der Waals surface area contributed by atoms with Crippen LogP contribution in [0.4, 0.5) is 0 Å². The van der Waals surface area contributed by atoms with Crippen molar-refractivity contribution in [3.63, 3.8) is 0 Å². The zero-order chi connectivity index (χ0) is 19.9. The van der Waals surface area contributed by atoms with Gasteiger partial charge in [0.15, 0.2) is 0 Å². The predicted octanol–water partition coefficient (Wildman–Crippen LogP) is 2.31. The first-order valence-electron chi connectivity index (χ1n) is 10.8. The number of likely N-dealkylation sites (tertiary alicyclic amines) is 1. The summed E-state index contributed by atoms with van der Waals surface area (Å²) in [5, 5.41) is 3.03. The molecule has 2 aliphatic heterocycles. The number of rotatable bonds is 9. The van der Waals surface area contributed by atoms with E-state index in [0.717, 1.165) is 44.1 Å². The summed E-state index contributed by atoms with van der Waals surface area (Å²) in [6, 6.07) is 0. The first kappa shape index (κ1) is 22.6. The van der Waals surface area contributed by atoms with E-state index < -0.39 is 10.0 Å². The summed E-state index contributed by atoms with van der Waals surface area (Å²) in [5.74, 6) is 1.56. The van der Waals surface area contributed by atoms with Crippen molar-refractivity contribution in [3.05, 3.63) is 0 Å². The van der Waals surface area contributed by atoms with Gasteiger partial charge in [-0.1, -0.05) is 20.8 Å². The molecule has 0 aromatic heterocycles. The first-order valence-corrected chi connectivity index (χ1v) is 12.4. The molecule has 0 aromatic rings. The third kappa shape index (κ3) is 7.35. The number of hydrogen-bond acceptors (Lipinski definition) is 4. The molecule has 0 saturated carbocycles. The Bertz CT molecular complexity index is 557. The highest BCUT2D eigenvalue weighted by molar-refractivity contribution is 7.89. The molecule has 1 amide bonds. The smallest absolute Gasteiger partial charge is 0.224 e. The van der Waals surface area contributed by atoms with Crippen molar-refractivity contribution in [1.29, 1.82) is 0 Å². The predicted molar refractivity (Wildman–Crippen MR) is 110 cm³/mol. The third-order valence-electron chi connectivity index (χ3n) is 5.76. The van der Waals surface area contributed by atoms with Crippen LogP contribution in [0.5, 0.6) is 0 Å². The molecule has 2 aliphatic rings. The topological polar surface area (TPSA) is 69.7 Å². The quantitative estimate of drug-likeness (QED) is 0.602. The zero-order valence-electron chi connectivity index (χ0n) is 17.5. The third-order valence-corrected chi connectivity index (χ3v) is 7.80. The van der Waals surface area contributed by atoms with Crippen LogP contribution in [-0.2, 0) is 14.8 Å². The summed E-state index contributed by atoms with van der Waals surface area (Å²) in [4.78, 5) is 15.0. The van der Waals surface area contributed by atoms with E-state index in [0.29, 0.717) is 26.1 Å². The van der Waals surface area contributed by atoms with Crippen LogP contribution >= 0.6 is 0 Å². The fraction of sp³-hybridized carbons (Fsp3) is 0.950. The Hall–Kier alpha value is -0.660. The second kappa shape index (κ2) is 10.8. The second-order valence-corrected chi connectivity index (χ2v) is 10.8. The zero-order valence-corrected chi connectivity index (χ0v) is 18.3. The molecule has 3 unspecified atom stereocenters. The van der Waals surface area contributed by atoms with Gasteiger partial charge in [0.25, 0.3) is 0 Å². The lowest BCUT2D eigenvalue weighted by Crippen LogP contribution is -2.46. The Balaban J connectivity index is 1.65. The summed E-state index contributed by atoms with van der Waals surface area (Å²) < 4.78 is 26.0. The lowest BCUT2D eigenvalue weighted by molar-refractivity contribution is -0.126. The van der Waals surface area contributed by atoms with E-state index in [2.05, 4.69) is 24.1 Å². The Labute approximate surface area is 166 Å².